The molecule has 39 nitrogen and oxygen atoms in total. The monoisotopic (exact) mass is 1890 g/mol. The maximum absolute atomic E-state index is 4.08. The van der Waals surface area contributed by atoms with Crippen molar-refractivity contribution in [1.29, 1.82) is 0 Å². The topological polar surface area (TPSA) is 402 Å². The van der Waals surface area contributed by atoms with Crippen LogP contribution in [0, 0.1) is 0 Å². The highest BCUT2D eigenvalue weighted by molar-refractivity contribution is 5.81. The third kappa shape index (κ3) is 27.4. The number of rotatable bonds is 0. The second kappa shape index (κ2) is 50.4. The Morgan fingerprint density at radius 2 is 0.734 bits per heavy atom. The van der Waals surface area contributed by atoms with E-state index in [1.54, 1.807) is 157 Å². The summed E-state index contributed by atoms with van der Waals surface area (Å²) in [6.07, 6.45) is 84.0. The van der Waals surface area contributed by atoms with Gasteiger partial charge in [0.1, 0.15) is 42.1 Å². The summed E-state index contributed by atoms with van der Waals surface area (Å²) in [5, 5.41) is 30.1. The Bertz CT molecular complexity index is 6590. The maximum Gasteiger partial charge on any atom is 0.180 e. The molecular weight excluding hydrogens is 1800 g/mol. The number of H-pyrrole nitrogens is 3. The highest BCUT2D eigenvalue weighted by Gasteiger charge is 2.07. The molecule has 143 heavy (non-hydrogen) atoms. The number of benzene rings is 1. The van der Waals surface area contributed by atoms with Crippen LogP contribution in [-0.2, 0) is 13.0 Å². The molecule has 3 N–H and O–H groups in total. The van der Waals surface area contributed by atoms with Gasteiger partial charge in [0.2, 0.25) is 0 Å². The fourth-order valence-corrected chi connectivity index (χ4v) is 13.6. The lowest BCUT2D eigenvalue weighted by Gasteiger charge is -1.90. The molecule has 1 aliphatic rings. The Morgan fingerprint density at radius 1 is 0.245 bits per heavy atom. The van der Waals surface area contributed by atoms with Crippen molar-refractivity contribution in [1.82, 2.24) is 188 Å². The second-order valence-corrected chi connectivity index (χ2v) is 29.9. The van der Waals surface area contributed by atoms with Gasteiger partial charge in [-0.1, -0.05) is 60.7 Å². The SMILES string of the molecule is c1cc2n(c1)CCC2.c1cc2nc[nH]c2cn1.c1cc2nccn2cn1.c1ccc2c[nH]cc2c1.c1ccn2cccc2c1.c1ccn2ccnc2c1.c1ccn2cncc2c1.c1ccn2cnnc2c1.c1ccn2nccc2c1.c1ccn2ncnc2c1.c1cn2ccnc2cn1.c1cn2ccnc2cn1.c1cnc2ccnn2c1.c1cnn2cccc2c1.c1cnn2ccnc2c1.c1ncc2[nH]cnc2n1. The molecule has 1 aliphatic heterocycles. The molecule has 1 aromatic carbocycles. The number of imidazole rings is 8. The zero-order valence-corrected chi connectivity index (χ0v) is 76.6. The molecule has 702 valence electrons. The van der Waals surface area contributed by atoms with Crippen molar-refractivity contribution in [2.45, 2.75) is 19.4 Å². The number of pyridine rings is 7. The lowest BCUT2D eigenvalue weighted by molar-refractivity contribution is 0.750. The molecule has 0 saturated carbocycles. The molecular formula is C104H91N39. The minimum Gasteiger partial charge on any atom is -0.366 e. The van der Waals surface area contributed by atoms with Crippen LogP contribution in [0.15, 0.2) is 504 Å². The van der Waals surface area contributed by atoms with Crippen molar-refractivity contribution in [2.24, 2.45) is 0 Å². The van der Waals surface area contributed by atoms with Crippen LogP contribution in [0.3, 0.4) is 0 Å². The average molecular weight is 1890 g/mol. The van der Waals surface area contributed by atoms with Crippen LogP contribution in [0.2, 0.25) is 0 Å². The summed E-state index contributed by atoms with van der Waals surface area (Å²) in [6, 6.07) is 73.4. The number of fused-ring (bicyclic) bond motifs is 16. The largest absolute Gasteiger partial charge is 0.366 e. The third-order valence-electron chi connectivity index (χ3n) is 20.6. The van der Waals surface area contributed by atoms with E-state index in [1.165, 1.54) is 54.0 Å². The smallest absolute Gasteiger partial charge is 0.180 e. The lowest BCUT2D eigenvalue weighted by Crippen LogP contribution is -1.86. The summed E-state index contributed by atoms with van der Waals surface area (Å²) in [4.78, 5) is 72.3. The van der Waals surface area contributed by atoms with Crippen LogP contribution < -0.4 is 0 Å². The molecule has 0 unspecified atom stereocenters. The van der Waals surface area contributed by atoms with E-state index in [4.69, 9.17) is 0 Å². The first-order valence-electron chi connectivity index (χ1n) is 44.6. The predicted molar refractivity (Wildman–Crippen MR) is 546 cm³/mol. The Hall–Kier alpha value is -20.9. The van der Waals surface area contributed by atoms with E-state index in [9.17, 15) is 0 Å². The van der Waals surface area contributed by atoms with Crippen molar-refractivity contribution in [3.63, 3.8) is 0 Å². The minimum absolute atomic E-state index is 0.713. The van der Waals surface area contributed by atoms with E-state index in [-0.39, 0.29) is 0 Å². The van der Waals surface area contributed by atoms with Crippen molar-refractivity contribution < 1.29 is 0 Å². The number of nitrogens with zero attached hydrogens (tertiary/aromatic N) is 36. The van der Waals surface area contributed by atoms with Gasteiger partial charge in [-0.3, -0.25) is 23.8 Å². The van der Waals surface area contributed by atoms with Crippen LogP contribution in [-0.4, -0.2) is 188 Å². The molecule has 31 aromatic rings. The van der Waals surface area contributed by atoms with E-state index in [0.29, 0.717) is 5.65 Å². The van der Waals surface area contributed by atoms with Crippen molar-refractivity contribution >= 4 is 100 Å². The molecule has 0 bridgehead atoms. The first-order valence-corrected chi connectivity index (χ1v) is 44.6. The van der Waals surface area contributed by atoms with Gasteiger partial charge in [-0.05, 0) is 181 Å². The van der Waals surface area contributed by atoms with E-state index in [0.717, 1.165) is 78.3 Å². The Balaban J connectivity index is 0.000000105. The molecule has 0 spiro atoms. The van der Waals surface area contributed by atoms with Crippen molar-refractivity contribution in [2.75, 3.05) is 0 Å². The van der Waals surface area contributed by atoms with Gasteiger partial charge in [0.25, 0.3) is 0 Å². The molecule has 0 amide bonds. The van der Waals surface area contributed by atoms with E-state index in [2.05, 4.69) is 182 Å². The second-order valence-electron chi connectivity index (χ2n) is 29.9. The molecule has 0 aliphatic carbocycles. The fourth-order valence-electron chi connectivity index (χ4n) is 13.6. The van der Waals surface area contributed by atoms with Gasteiger partial charge in [0.05, 0.1) is 83.7 Å². The molecule has 0 radical (unpaired) electrons. The standard InChI is InChI=1S/2C8H7N.4C7H6N2.C7H9N.8C6H5N3.C5H4N4/c1-2-6-9-7-3-5-8(9)4-1;1-2-4-8-6-9-5-7(8)3-1;1-3-7-4-2-6-9(7)8-5-1;1-2-6-9-7(3-1)4-5-8-9;1-2-5-9-6-4-8-7(9)3-1;1-2-4-9-6-8-5-7(9)3-1;1-3-7-4-2-6-8(7)5-1;2*1-3-9-4-2-8-6(9)5-7-1;1-3-7-6-2-4-8-9(6)5-1;1-2-7-3-6-5(1)8-4-9-6;1-2-7-5-9-4-3-8-6(1)9;1-2-6-7-4-5-9(6)8-3-1;1-2-4-9-5-7-8-6(9)3-1;1-2-4-9-6(3-1)7-5-8-9;1-4-5(8-2-6-1)9-3-7-4/h1-7H;1-6,9H;4*1-6H;1,3,5H,2,4,6H2;3*1-5H;1-4H,(H,8,9);4*1-5H;1-3H,(H,6,7,8,9). The highest BCUT2D eigenvalue weighted by atomic mass is 15.3. The van der Waals surface area contributed by atoms with Gasteiger partial charge in [-0.2, -0.15) is 25.5 Å². The quantitative estimate of drug-likeness (QED) is 0.127. The lowest BCUT2D eigenvalue weighted by atomic mass is 10.2. The van der Waals surface area contributed by atoms with Gasteiger partial charge in [0.15, 0.2) is 39.5 Å². The normalized spacial score (nSPS) is 10.6. The van der Waals surface area contributed by atoms with Crippen LogP contribution in [0.25, 0.3) is 100 Å². The molecule has 31 heterocycles. The summed E-state index contributed by atoms with van der Waals surface area (Å²) in [5.74, 6) is 0. The van der Waals surface area contributed by atoms with E-state index < -0.39 is 0 Å². The summed E-state index contributed by atoms with van der Waals surface area (Å²) < 4.78 is 24.7. The number of aromatic nitrogens is 39. The van der Waals surface area contributed by atoms with Gasteiger partial charge in [-0.15, -0.1) is 10.2 Å². The Kier molecular flexibility index (Phi) is 33.1. The Labute approximate surface area is 813 Å². The molecule has 0 atom stereocenters. The van der Waals surface area contributed by atoms with Crippen LogP contribution in [0.5, 0.6) is 0 Å². The van der Waals surface area contributed by atoms with Gasteiger partial charge in [-0.25, -0.2) is 87.4 Å². The zero-order valence-electron chi connectivity index (χ0n) is 76.6. The molecule has 39 heteroatoms. The summed E-state index contributed by atoms with van der Waals surface area (Å²) in [7, 11) is 0. The average Bonchev–Trinajstić information content (AvgIpc) is 1.72. The number of nitrogens with one attached hydrogen (secondary N) is 3. The highest BCUT2D eigenvalue weighted by Crippen LogP contribution is 2.15. The minimum atomic E-state index is 0.713. The number of aromatic amines is 3. The third-order valence-corrected chi connectivity index (χ3v) is 20.6. The van der Waals surface area contributed by atoms with Crippen LogP contribution in [0.1, 0.15) is 12.1 Å². The van der Waals surface area contributed by atoms with Crippen molar-refractivity contribution in [3.8, 4) is 0 Å². The van der Waals surface area contributed by atoms with Gasteiger partial charge in [0, 0.05) is 222 Å². The van der Waals surface area contributed by atoms with Crippen LogP contribution in [0.4, 0.5) is 0 Å². The summed E-state index contributed by atoms with van der Waals surface area (Å²) in [5.41, 5.74) is 16.9. The molecule has 30 aromatic heterocycles. The Morgan fingerprint density at radius 3 is 1.45 bits per heavy atom. The number of aryl methyl sites for hydroxylation is 2. The first-order chi connectivity index (χ1) is 71.0. The number of hydrogen-bond donors (Lipinski definition) is 3. The maximum atomic E-state index is 4.08. The molecule has 0 saturated heterocycles. The summed E-state index contributed by atoms with van der Waals surface area (Å²) >= 11 is 0. The summed E-state index contributed by atoms with van der Waals surface area (Å²) in [6.45, 7) is 1.24. The van der Waals surface area contributed by atoms with Gasteiger partial charge >= 0.3 is 0 Å². The zero-order chi connectivity index (χ0) is 97.0. The van der Waals surface area contributed by atoms with E-state index in [1.807, 2.05) is 341 Å². The van der Waals surface area contributed by atoms with E-state index >= 15 is 0 Å². The van der Waals surface area contributed by atoms with Gasteiger partial charge < -0.3 is 41.5 Å². The predicted octanol–water partition coefficient (Wildman–Crippen LogP) is 17.3. The fraction of sp³-hybridized carbons (Fsp3) is 0.0288. The molecule has 0 fully saturated rings. The number of hydrogen-bond acceptors (Lipinski definition) is 23. The first kappa shape index (κ1) is 93.9. The molecule has 32 rings (SSSR count). The van der Waals surface area contributed by atoms with Crippen LogP contribution >= 0.6 is 0 Å². The van der Waals surface area contributed by atoms with Crippen molar-refractivity contribution in [3.05, 3.63) is 510 Å².